The Hall–Kier alpha value is -1.86. The molecule has 1 aromatic heterocycles. The summed E-state index contributed by atoms with van der Waals surface area (Å²) in [7, 11) is -3.83. The second kappa shape index (κ2) is 6.28. The number of anilines is 2. The first-order valence-electron chi connectivity index (χ1n) is 6.10. The number of halogens is 2. The van der Waals surface area contributed by atoms with Crippen LogP contribution in [-0.2, 0) is 10.0 Å². The Morgan fingerprint density at radius 1 is 1.29 bits per heavy atom. The first kappa shape index (κ1) is 15.5. The largest absolute Gasteiger partial charge is 0.370 e. The Morgan fingerprint density at radius 3 is 2.71 bits per heavy atom. The minimum atomic E-state index is -3.83. The van der Waals surface area contributed by atoms with Gasteiger partial charge in [-0.2, -0.15) is 0 Å². The van der Waals surface area contributed by atoms with E-state index in [1.165, 1.54) is 24.4 Å². The number of aromatic nitrogens is 1. The molecule has 0 bridgehead atoms. The molecular formula is C13H13ClFN3O2S. The smallest absolute Gasteiger partial charge is 0.262 e. The Bertz CT molecular complexity index is 753. The van der Waals surface area contributed by atoms with Gasteiger partial charge in [-0.3, -0.25) is 4.72 Å². The molecule has 2 N–H and O–H groups in total. The maximum Gasteiger partial charge on any atom is 0.262 e. The molecule has 0 saturated carbocycles. The van der Waals surface area contributed by atoms with E-state index in [-0.39, 0.29) is 15.6 Å². The minimum absolute atomic E-state index is 0.0143. The van der Waals surface area contributed by atoms with Gasteiger partial charge in [-0.1, -0.05) is 11.6 Å². The summed E-state index contributed by atoms with van der Waals surface area (Å²) in [6.07, 6.45) is 1.39. The van der Waals surface area contributed by atoms with Gasteiger partial charge in [0.2, 0.25) is 0 Å². The second-order valence-corrected chi connectivity index (χ2v) is 6.23. The minimum Gasteiger partial charge on any atom is -0.370 e. The van der Waals surface area contributed by atoms with Gasteiger partial charge >= 0.3 is 0 Å². The van der Waals surface area contributed by atoms with Crippen LogP contribution in [-0.4, -0.2) is 19.9 Å². The summed E-state index contributed by atoms with van der Waals surface area (Å²) >= 11 is 5.81. The van der Waals surface area contributed by atoms with Crippen molar-refractivity contribution in [1.29, 1.82) is 0 Å². The number of rotatable bonds is 5. The molecule has 0 fully saturated rings. The van der Waals surface area contributed by atoms with Crippen LogP contribution in [0, 0.1) is 5.82 Å². The van der Waals surface area contributed by atoms with Gasteiger partial charge in [0.15, 0.2) is 0 Å². The van der Waals surface area contributed by atoms with Crippen molar-refractivity contribution in [3.8, 4) is 0 Å². The van der Waals surface area contributed by atoms with Gasteiger partial charge in [-0.15, -0.1) is 0 Å². The fraction of sp³-hybridized carbons (Fsp3) is 0.154. The zero-order valence-electron chi connectivity index (χ0n) is 11.1. The Labute approximate surface area is 127 Å². The quantitative estimate of drug-likeness (QED) is 0.884. The number of hydrogen-bond acceptors (Lipinski definition) is 4. The predicted molar refractivity (Wildman–Crippen MR) is 80.6 cm³/mol. The summed E-state index contributed by atoms with van der Waals surface area (Å²) < 4.78 is 39.8. The van der Waals surface area contributed by atoms with Gasteiger partial charge in [0.05, 0.1) is 15.6 Å². The molecule has 5 nitrogen and oxygen atoms in total. The van der Waals surface area contributed by atoms with Crippen molar-refractivity contribution in [2.24, 2.45) is 0 Å². The zero-order valence-corrected chi connectivity index (χ0v) is 12.7. The highest BCUT2D eigenvalue weighted by Crippen LogP contribution is 2.25. The van der Waals surface area contributed by atoms with E-state index in [4.69, 9.17) is 11.6 Å². The molecule has 0 unspecified atom stereocenters. The molecule has 112 valence electrons. The van der Waals surface area contributed by atoms with Crippen LogP contribution in [0.1, 0.15) is 6.92 Å². The molecule has 8 heteroatoms. The highest BCUT2D eigenvalue weighted by Gasteiger charge is 2.16. The van der Waals surface area contributed by atoms with Gasteiger partial charge < -0.3 is 5.32 Å². The fourth-order valence-electron chi connectivity index (χ4n) is 1.63. The van der Waals surface area contributed by atoms with Gasteiger partial charge in [0, 0.05) is 18.8 Å². The molecule has 0 spiro atoms. The van der Waals surface area contributed by atoms with Crippen molar-refractivity contribution < 1.29 is 12.8 Å². The van der Waals surface area contributed by atoms with E-state index in [0.29, 0.717) is 12.4 Å². The van der Waals surface area contributed by atoms with Crippen LogP contribution in [0.15, 0.2) is 41.4 Å². The first-order valence-corrected chi connectivity index (χ1v) is 7.96. The number of nitrogens with zero attached hydrogens (tertiary/aromatic N) is 1. The maximum absolute atomic E-state index is 13.0. The monoisotopic (exact) mass is 329 g/mol. The molecule has 0 aliphatic heterocycles. The van der Waals surface area contributed by atoms with Crippen molar-refractivity contribution in [3.63, 3.8) is 0 Å². The number of sulfonamides is 1. The third kappa shape index (κ3) is 3.83. The molecule has 0 aliphatic rings. The van der Waals surface area contributed by atoms with Gasteiger partial charge in [-0.05, 0) is 31.2 Å². The van der Waals surface area contributed by atoms with Crippen molar-refractivity contribution in [3.05, 3.63) is 47.4 Å². The van der Waals surface area contributed by atoms with E-state index < -0.39 is 15.8 Å². The number of hydrogen-bond donors (Lipinski definition) is 2. The lowest BCUT2D eigenvalue weighted by molar-refractivity contribution is 0.601. The second-order valence-electron chi connectivity index (χ2n) is 4.14. The standard InChI is InChI=1S/C13H13ClFN3O2S/c1-2-16-13-8-10(5-6-17-13)21(19,20)18-12-4-3-9(15)7-11(12)14/h3-8,18H,2H2,1H3,(H,16,17). The molecule has 1 aromatic carbocycles. The lowest BCUT2D eigenvalue weighted by Crippen LogP contribution is -2.14. The average molecular weight is 330 g/mol. The van der Waals surface area contributed by atoms with Crippen molar-refractivity contribution in [2.75, 3.05) is 16.6 Å². The molecule has 0 saturated heterocycles. The summed E-state index contributed by atoms with van der Waals surface area (Å²) in [5, 5.41) is 2.91. The summed E-state index contributed by atoms with van der Waals surface area (Å²) in [5.74, 6) is -0.0909. The zero-order chi connectivity index (χ0) is 15.5. The number of nitrogens with one attached hydrogen (secondary N) is 2. The lowest BCUT2D eigenvalue weighted by atomic mass is 10.3. The van der Waals surface area contributed by atoms with Crippen LogP contribution in [0.5, 0.6) is 0 Å². The molecule has 0 amide bonds. The normalized spacial score (nSPS) is 11.2. The molecule has 2 rings (SSSR count). The molecule has 0 radical (unpaired) electrons. The summed E-state index contributed by atoms with van der Waals surface area (Å²) in [4.78, 5) is 4.04. The molecule has 0 atom stereocenters. The van der Waals surface area contributed by atoms with Gasteiger partial charge in [-0.25, -0.2) is 17.8 Å². The van der Waals surface area contributed by atoms with Crippen LogP contribution in [0.3, 0.4) is 0 Å². The first-order chi connectivity index (χ1) is 9.92. The van der Waals surface area contributed by atoms with Crippen molar-refractivity contribution in [2.45, 2.75) is 11.8 Å². The number of pyridine rings is 1. The van der Waals surface area contributed by atoms with Gasteiger partial charge in [0.1, 0.15) is 11.6 Å². The molecule has 21 heavy (non-hydrogen) atoms. The summed E-state index contributed by atoms with van der Waals surface area (Å²) in [5.41, 5.74) is 0.111. The predicted octanol–water partition coefficient (Wildman–Crippen LogP) is 3.11. The third-order valence-electron chi connectivity index (χ3n) is 2.58. The highest BCUT2D eigenvalue weighted by atomic mass is 35.5. The van der Waals surface area contributed by atoms with Crippen LogP contribution < -0.4 is 10.0 Å². The average Bonchev–Trinajstić information content (AvgIpc) is 2.43. The molecule has 1 heterocycles. The van der Waals surface area contributed by atoms with E-state index in [1.54, 1.807) is 0 Å². The van der Waals surface area contributed by atoms with E-state index in [2.05, 4.69) is 15.0 Å². The maximum atomic E-state index is 13.0. The van der Waals surface area contributed by atoms with Crippen LogP contribution in [0.4, 0.5) is 15.9 Å². The van der Waals surface area contributed by atoms with E-state index in [1.807, 2.05) is 6.92 Å². The lowest BCUT2D eigenvalue weighted by Gasteiger charge is -2.10. The molecule has 0 aliphatic carbocycles. The SMILES string of the molecule is CCNc1cc(S(=O)(=O)Nc2ccc(F)cc2Cl)ccn1. The van der Waals surface area contributed by atoms with Crippen molar-refractivity contribution in [1.82, 2.24) is 4.98 Å². The van der Waals surface area contributed by atoms with Crippen molar-refractivity contribution >= 4 is 33.1 Å². The van der Waals surface area contributed by atoms with Crippen LogP contribution >= 0.6 is 11.6 Å². The van der Waals surface area contributed by atoms with E-state index >= 15 is 0 Å². The molecular weight excluding hydrogens is 317 g/mol. The highest BCUT2D eigenvalue weighted by molar-refractivity contribution is 7.92. The number of benzene rings is 1. The summed E-state index contributed by atoms with van der Waals surface area (Å²) in [6.45, 7) is 2.49. The topological polar surface area (TPSA) is 71.1 Å². The third-order valence-corrected chi connectivity index (χ3v) is 4.25. The summed E-state index contributed by atoms with van der Waals surface area (Å²) in [6, 6.07) is 6.20. The Morgan fingerprint density at radius 2 is 2.05 bits per heavy atom. The Kier molecular flexibility index (Phi) is 4.64. The van der Waals surface area contributed by atoms with Gasteiger partial charge in [0.25, 0.3) is 10.0 Å². The van der Waals surface area contributed by atoms with Crippen LogP contribution in [0.25, 0.3) is 0 Å². The fourth-order valence-corrected chi connectivity index (χ4v) is 2.99. The molecule has 2 aromatic rings. The Balaban J connectivity index is 2.31. The van der Waals surface area contributed by atoms with Crippen LogP contribution in [0.2, 0.25) is 5.02 Å². The van der Waals surface area contributed by atoms with E-state index in [9.17, 15) is 12.8 Å². The van der Waals surface area contributed by atoms with E-state index in [0.717, 1.165) is 12.1 Å².